The van der Waals surface area contributed by atoms with E-state index in [1.807, 2.05) is 0 Å². The van der Waals surface area contributed by atoms with Crippen molar-refractivity contribution in [3.05, 3.63) is 41.0 Å². The lowest BCUT2D eigenvalue weighted by atomic mass is 9.83. The van der Waals surface area contributed by atoms with Crippen molar-refractivity contribution in [2.45, 2.75) is 105 Å². The monoisotopic (exact) mass is 458 g/mol. The SMILES string of the molecule is F[B-](F)(F)F.[2H]c1c(C(C)(C)C)[nH]c(-c2cc(C(C)(C)C)[o+]c(C(C)(C)C)c2)c1C(C)(C)C. The molecule has 7 heteroatoms. The highest BCUT2D eigenvalue weighted by atomic mass is 19.5. The van der Waals surface area contributed by atoms with Gasteiger partial charge in [0, 0.05) is 28.8 Å². The van der Waals surface area contributed by atoms with Gasteiger partial charge in [-0.1, -0.05) is 41.5 Å². The first-order valence-corrected chi connectivity index (χ1v) is 10.9. The lowest BCUT2D eigenvalue weighted by Crippen LogP contribution is -2.17. The minimum Gasteiger partial charge on any atom is -0.418 e. The van der Waals surface area contributed by atoms with Gasteiger partial charge in [-0.05, 0) is 58.6 Å². The molecule has 0 bridgehead atoms. The fourth-order valence-corrected chi connectivity index (χ4v) is 2.95. The van der Waals surface area contributed by atoms with Crippen LogP contribution in [0.5, 0.6) is 0 Å². The predicted molar refractivity (Wildman–Crippen MR) is 128 cm³/mol. The van der Waals surface area contributed by atoms with Crippen LogP contribution < -0.4 is 0 Å². The van der Waals surface area contributed by atoms with Crippen molar-refractivity contribution in [3.63, 3.8) is 0 Å². The number of aromatic amines is 1. The number of aromatic nitrogens is 1. The molecule has 0 aromatic carbocycles. The number of hydrogen-bond acceptors (Lipinski definition) is 0. The van der Waals surface area contributed by atoms with Crippen LogP contribution in [0.15, 0.2) is 22.6 Å². The summed E-state index contributed by atoms with van der Waals surface area (Å²) < 4.78 is 54.3. The summed E-state index contributed by atoms with van der Waals surface area (Å²) in [6.07, 6.45) is 0. The van der Waals surface area contributed by atoms with Crippen molar-refractivity contribution in [1.29, 1.82) is 0 Å². The zero-order valence-electron chi connectivity index (χ0n) is 22.7. The normalized spacial score (nSPS) is 14.1. The van der Waals surface area contributed by atoms with Crippen molar-refractivity contribution in [2.24, 2.45) is 0 Å². The maximum absolute atomic E-state index is 9.75. The molecule has 0 unspecified atom stereocenters. The van der Waals surface area contributed by atoms with Crippen LogP contribution in [0.3, 0.4) is 0 Å². The second-order valence-electron chi connectivity index (χ2n) is 12.4. The third kappa shape index (κ3) is 8.29. The van der Waals surface area contributed by atoms with E-state index in [0.717, 1.165) is 34.0 Å². The van der Waals surface area contributed by atoms with E-state index in [2.05, 4.69) is 100 Å². The molecule has 2 nitrogen and oxygen atoms in total. The maximum Gasteiger partial charge on any atom is 0.673 e. The van der Waals surface area contributed by atoms with Gasteiger partial charge in [0.25, 0.3) is 0 Å². The number of rotatable bonds is 1. The van der Waals surface area contributed by atoms with Gasteiger partial charge in [0.1, 0.15) is 0 Å². The van der Waals surface area contributed by atoms with Gasteiger partial charge < -0.3 is 22.2 Å². The average molecular weight is 458 g/mol. The van der Waals surface area contributed by atoms with Crippen LogP contribution in [-0.4, -0.2) is 12.2 Å². The molecule has 0 atom stereocenters. The molecule has 0 aliphatic heterocycles. The highest BCUT2D eigenvalue weighted by Gasteiger charge is 2.35. The third-order valence-corrected chi connectivity index (χ3v) is 4.81. The summed E-state index contributed by atoms with van der Waals surface area (Å²) in [6.45, 7) is 26.1. The van der Waals surface area contributed by atoms with Gasteiger partial charge in [-0.3, -0.25) is 0 Å². The zero-order chi connectivity index (χ0) is 26.4. The molecule has 0 saturated heterocycles. The Morgan fingerprint density at radius 1 is 0.719 bits per heavy atom. The van der Waals surface area contributed by atoms with E-state index in [1.54, 1.807) is 0 Å². The topological polar surface area (TPSA) is 27.1 Å². The molecule has 0 fully saturated rings. The quantitative estimate of drug-likeness (QED) is 0.258. The van der Waals surface area contributed by atoms with Gasteiger partial charge in [-0.15, -0.1) is 0 Å². The molecule has 0 aliphatic carbocycles. The molecule has 0 spiro atoms. The molecule has 2 aromatic heterocycles. The molecule has 1 N–H and O–H groups in total. The first kappa shape index (κ1) is 26.5. The first-order valence-electron chi connectivity index (χ1n) is 11.4. The Morgan fingerprint density at radius 2 is 1.09 bits per heavy atom. The van der Waals surface area contributed by atoms with Crippen molar-refractivity contribution < 1.29 is 23.1 Å². The van der Waals surface area contributed by atoms with E-state index in [9.17, 15) is 17.3 Å². The van der Waals surface area contributed by atoms with E-state index >= 15 is 0 Å². The summed E-state index contributed by atoms with van der Waals surface area (Å²) in [5.74, 6) is 1.93. The summed E-state index contributed by atoms with van der Waals surface area (Å²) in [5, 5.41) is 0. The Kier molecular flexibility index (Phi) is 7.33. The summed E-state index contributed by atoms with van der Waals surface area (Å²) >= 11 is 0. The van der Waals surface area contributed by atoms with E-state index in [-0.39, 0.29) is 21.7 Å². The summed E-state index contributed by atoms with van der Waals surface area (Å²) in [5.41, 5.74) is 3.77. The second-order valence-corrected chi connectivity index (χ2v) is 12.4. The third-order valence-electron chi connectivity index (χ3n) is 4.81. The molecule has 0 aliphatic rings. The molecule has 2 heterocycles. The number of halogens is 4. The molecule has 182 valence electrons. The molecule has 0 radical (unpaired) electrons. The second kappa shape index (κ2) is 8.87. The van der Waals surface area contributed by atoms with E-state index in [4.69, 9.17) is 5.79 Å². The molecule has 32 heavy (non-hydrogen) atoms. The Labute approximate surface area is 192 Å². The van der Waals surface area contributed by atoms with Crippen LogP contribution >= 0.6 is 0 Å². The predicted octanol–water partition coefficient (Wildman–Crippen LogP) is 9.05. The van der Waals surface area contributed by atoms with Gasteiger partial charge in [0.15, 0.2) is 0 Å². The van der Waals surface area contributed by atoms with Gasteiger partial charge in [-0.2, -0.15) is 0 Å². The number of nitrogens with one attached hydrogen (secondary N) is 1. The lowest BCUT2D eigenvalue weighted by Gasteiger charge is -2.20. The van der Waals surface area contributed by atoms with Crippen molar-refractivity contribution in [1.82, 2.24) is 4.98 Å². The van der Waals surface area contributed by atoms with Crippen molar-refractivity contribution in [3.8, 4) is 11.3 Å². The Morgan fingerprint density at radius 3 is 1.38 bits per heavy atom. The summed E-state index contributed by atoms with van der Waals surface area (Å²) in [7, 11) is -6.00. The van der Waals surface area contributed by atoms with E-state index in [0.29, 0.717) is 6.04 Å². The van der Waals surface area contributed by atoms with Crippen molar-refractivity contribution in [2.75, 3.05) is 0 Å². The Balaban J connectivity index is 0.000000981. The first-order chi connectivity index (χ1) is 14.3. The van der Waals surface area contributed by atoms with E-state index in [1.165, 1.54) is 0 Å². The Bertz CT molecular complexity index is 931. The van der Waals surface area contributed by atoms with Crippen LogP contribution in [0.4, 0.5) is 17.3 Å². The molecule has 2 rings (SSSR count). The maximum atomic E-state index is 9.75. The number of hydrogen-bond donors (Lipinski definition) is 1. The van der Waals surface area contributed by atoms with Crippen LogP contribution in [0, 0.1) is 0 Å². The van der Waals surface area contributed by atoms with Gasteiger partial charge in [0.05, 0.1) is 17.9 Å². The average Bonchev–Trinajstić information content (AvgIpc) is 2.89. The van der Waals surface area contributed by atoms with Crippen LogP contribution in [0.2, 0.25) is 0 Å². The largest absolute Gasteiger partial charge is 0.673 e. The fraction of sp³-hybridized carbons (Fsp3) is 0.640. The Hall–Kier alpha value is -1.79. The van der Waals surface area contributed by atoms with Crippen LogP contribution in [0.1, 0.15) is 107 Å². The summed E-state index contributed by atoms with van der Waals surface area (Å²) in [4.78, 5) is 3.64. The van der Waals surface area contributed by atoms with Gasteiger partial charge in [-0.25, -0.2) is 4.42 Å². The molecular weight excluding hydrogens is 417 g/mol. The highest BCUT2D eigenvalue weighted by Crippen LogP contribution is 2.40. The van der Waals surface area contributed by atoms with Crippen LogP contribution in [0.25, 0.3) is 11.3 Å². The molecule has 2 aromatic rings. The minimum absolute atomic E-state index is 0.0961. The standard InChI is InChI=1S/C25H40NO.BF4/c1-22(2,3)17-15-18(23(4,5)6)26-21(17)16-13-19(24(7,8)9)27-20(14-16)25(10,11)12;2-1(3,4)5/h13-15,26H,1-12H3;/q+1;-1/i15D;. The van der Waals surface area contributed by atoms with Crippen molar-refractivity contribution >= 4 is 7.25 Å². The molecule has 0 saturated carbocycles. The van der Waals surface area contributed by atoms with Crippen LogP contribution in [-0.2, 0) is 21.7 Å². The minimum atomic E-state index is -6.00. The van der Waals surface area contributed by atoms with Gasteiger partial charge in [0.2, 0.25) is 0 Å². The zero-order valence-corrected chi connectivity index (χ0v) is 21.7. The molecule has 0 amide bonds. The lowest BCUT2D eigenvalue weighted by molar-refractivity contribution is 0.329. The highest BCUT2D eigenvalue weighted by molar-refractivity contribution is 6.50. The number of H-pyrrole nitrogens is 1. The van der Waals surface area contributed by atoms with E-state index < -0.39 is 7.25 Å². The fourth-order valence-electron chi connectivity index (χ4n) is 2.95. The van der Waals surface area contributed by atoms with Gasteiger partial charge >= 0.3 is 18.8 Å². The molecular formula is C25H40BF4NO. The summed E-state index contributed by atoms with van der Waals surface area (Å²) in [6, 6.07) is 4.94. The smallest absolute Gasteiger partial charge is 0.418 e.